The summed E-state index contributed by atoms with van der Waals surface area (Å²) in [5.74, 6) is 0.386. The van der Waals surface area contributed by atoms with Gasteiger partial charge in [-0.05, 0) is 38.8 Å². The summed E-state index contributed by atoms with van der Waals surface area (Å²) in [5.41, 5.74) is 0.670. The molecule has 1 rings (SSSR count). The highest BCUT2D eigenvalue weighted by atomic mass is 19.1. The van der Waals surface area contributed by atoms with E-state index in [1.165, 1.54) is 6.07 Å². The molecule has 0 saturated carbocycles. The zero-order chi connectivity index (χ0) is 16.5. The first-order chi connectivity index (χ1) is 10.4. The van der Waals surface area contributed by atoms with Crippen molar-refractivity contribution in [3.8, 4) is 0 Å². The van der Waals surface area contributed by atoms with Crippen LogP contribution >= 0.6 is 0 Å². The van der Waals surface area contributed by atoms with Crippen LogP contribution in [0.15, 0.2) is 24.3 Å². The summed E-state index contributed by atoms with van der Waals surface area (Å²) in [7, 11) is 0. The van der Waals surface area contributed by atoms with E-state index in [9.17, 15) is 9.50 Å². The van der Waals surface area contributed by atoms with Crippen molar-refractivity contribution in [3.63, 3.8) is 0 Å². The Kier molecular flexibility index (Phi) is 8.61. The molecule has 0 aliphatic heterocycles. The number of rotatable bonds is 10. The van der Waals surface area contributed by atoms with E-state index in [2.05, 4.69) is 18.7 Å². The Hall–Kier alpha value is -0.970. The molecule has 126 valence electrons. The van der Waals surface area contributed by atoms with Crippen LogP contribution in [0, 0.1) is 11.7 Å². The monoisotopic (exact) mass is 311 g/mol. The lowest BCUT2D eigenvalue weighted by Gasteiger charge is -2.26. The van der Waals surface area contributed by atoms with Crippen LogP contribution in [-0.2, 0) is 11.3 Å². The van der Waals surface area contributed by atoms with Crippen LogP contribution in [-0.4, -0.2) is 41.9 Å². The zero-order valence-electron chi connectivity index (χ0n) is 14.3. The standard InChI is InChI=1S/C18H30FNO2/c1-14(2)9-10-20(12-17(21)13-22-15(3)4)11-16-7-5-6-8-18(16)19/h5-8,14-15,17,21H,9-13H2,1-4H3. The SMILES string of the molecule is CC(C)CCN(Cc1ccccc1F)CC(O)COC(C)C. The minimum absolute atomic E-state index is 0.102. The van der Waals surface area contributed by atoms with E-state index in [1.54, 1.807) is 12.1 Å². The summed E-state index contributed by atoms with van der Waals surface area (Å²) in [6.07, 6.45) is 0.568. The lowest BCUT2D eigenvalue weighted by atomic mass is 10.1. The molecule has 0 bridgehead atoms. The number of aliphatic hydroxyl groups is 1. The summed E-state index contributed by atoms with van der Waals surface area (Å²) in [6.45, 7) is 10.4. The first-order valence-corrected chi connectivity index (χ1v) is 8.14. The fourth-order valence-electron chi connectivity index (χ4n) is 2.20. The smallest absolute Gasteiger partial charge is 0.127 e. The van der Waals surface area contributed by atoms with Crippen molar-refractivity contribution in [1.29, 1.82) is 0 Å². The average Bonchev–Trinajstić information content (AvgIpc) is 2.45. The van der Waals surface area contributed by atoms with Crippen molar-refractivity contribution in [3.05, 3.63) is 35.6 Å². The van der Waals surface area contributed by atoms with Gasteiger partial charge in [0.2, 0.25) is 0 Å². The third-order valence-corrected chi connectivity index (χ3v) is 3.47. The normalized spacial score (nSPS) is 13.3. The third-order valence-electron chi connectivity index (χ3n) is 3.47. The van der Waals surface area contributed by atoms with Crippen LogP contribution in [0.3, 0.4) is 0 Å². The van der Waals surface area contributed by atoms with Gasteiger partial charge in [-0.25, -0.2) is 4.39 Å². The Morgan fingerprint density at radius 1 is 1.18 bits per heavy atom. The number of nitrogens with zero attached hydrogens (tertiary/aromatic N) is 1. The van der Waals surface area contributed by atoms with E-state index in [4.69, 9.17) is 4.74 Å². The molecule has 0 fully saturated rings. The Bertz CT molecular complexity index is 423. The molecule has 0 heterocycles. The zero-order valence-corrected chi connectivity index (χ0v) is 14.3. The number of benzene rings is 1. The van der Waals surface area contributed by atoms with E-state index in [1.807, 2.05) is 19.9 Å². The molecule has 0 amide bonds. The maximum atomic E-state index is 13.8. The van der Waals surface area contributed by atoms with E-state index in [0.717, 1.165) is 13.0 Å². The van der Waals surface area contributed by atoms with Gasteiger partial charge in [0.25, 0.3) is 0 Å². The molecule has 0 saturated heterocycles. The van der Waals surface area contributed by atoms with Gasteiger partial charge in [-0.3, -0.25) is 4.90 Å². The number of halogens is 1. The summed E-state index contributed by atoms with van der Waals surface area (Å²) in [4.78, 5) is 2.10. The van der Waals surface area contributed by atoms with Crippen molar-refractivity contribution in [2.45, 2.75) is 52.9 Å². The number of hydrogen-bond donors (Lipinski definition) is 1. The maximum absolute atomic E-state index is 13.8. The summed E-state index contributed by atoms with van der Waals surface area (Å²) < 4.78 is 19.3. The first-order valence-electron chi connectivity index (χ1n) is 8.14. The molecule has 1 N–H and O–H groups in total. The molecule has 22 heavy (non-hydrogen) atoms. The quantitative estimate of drug-likeness (QED) is 0.718. The van der Waals surface area contributed by atoms with Gasteiger partial charge < -0.3 is 9.84 Å². The predicted molar refractivity (Wildman–Crippen MR) is 88.2 cm³/mol. The van der Waals surface area contributed by atoms with Gasteiger partial charge in [0.05, 0.1) is 18.8 Å². The Morgan fingerprint density at radius 3 is 2.45 bits per heavy atom. The van der Waals surface area contributed by atoms with Crippen molar-refractivity contribution >= 4 is 0 Å². The van der Waals surface area contributed by atoms with Crippen LogP contribution < -0.4 is 0 Å². The van der Waals surface area contributed by atoms with Crippen LogP contribution in [0.25, 0.3) is 0 Å². The lowest BCUT2D eigenvalue weighted by Crippen LogP contribution is -2.36. The van der Waals surface area contributed by atoms with Gasteiger partial charge in [0.1, 0.15) is 5.82 Å². The van der Waals surface area contributed by atoms with Crippen LogP contribution in [0.1, 0.15) is 39.7 Å². The molecular weight excluding hydrogens is 281 g/mol. The molecule has 3 nitrogen and oxygen atoms in total. The second-order valence-electron chi connectivity index (χ2n) is 6.54. The summed E-state index contributed by atoms with van der Waals surface area (Å²) in [6, 6.07) is 6.82. The van der Waals surface area contributed by atoms with E-state index in [-0.39, 0.29) is 11.9 Å². The van der Waals surface area contributed by atoms with Gasteiger partial charge in [0, 0.05) is 18.7 Å². The van der Waals surface area contributed by atoms with Crippen LogP contribution in [0.5, 0.6) is 0 Å². The molecule has 0 spiro atoms. The molecular formula is C18H30FNO2. The third kappa shape index (κ3) is 7.87. The van der Waals surface area contributed by atoms with Crippen molar-refractivity contribution < 1.29 is 14.2 Å². The fourth-order valence-corrected chi connectivity index (χ4v) is 2.20. The molecule has 1 aromatic rings. The van der Waals surface area contributed by atoms with E-state index >= 15 is 0 Å². The first kappa shape index (κ1) is 19.1. The highest BCUT2D eigenvalue weighted by Gasteiger charge is 2.15. The van der Waals surface area contributed by atoms with Crippen LogP contribution in [0.4, 0.5) is 4.39 Å². The number of ether oxygens (including phenoxy) is 1. The van der Waals surface area contributed by atoms with E-state index < -0.39 is 6.10 Å². The molecule has 1 atom stereocenters. The summed E-state index contributed by atoms with van der Waals surface area (Å²) >= 11 is 0. The van der Waals surface area contributed by atoms with E-state index in [0.29, 0.717) is 31.2 Å². The fraction of sp³-hybridized carbons (Fsp3) is 0.667. The highest BCUT2D eigenvalue weighted by Crippen LogP contribution is 2.12. The minimum atomic E-state index is -0.554. The van der Waals surface area contributed by atoms with Gasteiger partial charge in [-0.1, -0.05) is 32.0 Å². The van der Waals surface area contributed by atoms with Crippen molar-refractivity contribution in [1.82, 2.24) is 4.90 Å². The molecule has 0 aliphatic carbocycles. The van der Waals surface area contributed by atoms with Gasteiger partial charge >= 0.3 is 0 Å². The van der Waals surface area contributed by atoms with Gasteiger partial charge in [0.15, 0.2) is 0 Å². The Balaban J connectivity index is 2.61. The predicted octanol–water partition coefficient (Wildman–Crippen LogP) is 3.46. The lowest BCUT2D eigenvalue weighted by molar-refractivity contribution is -0.0101. The topological polar surface area (TPSA) is 32.7 Å². The van der Waals surface area contributed by atoms with Crippen LogP contribution in [0.2, 0.25) is 0 Å². The largest absolute Gasteiger partial charge is 0.389 e. The Morgan fingerprint density at radius 2 is 1.86 bits per heavy atom. The van der Waals surface area contributed by atoms with Crippen molar-refractivity contribution in [2.75, 3.05) is 19.7 Å². The minimum Gasteiger partial charge on any atom is -0.389 e. The summed E-state index contributed by atoms with van der Waals surface area (Å²) in [5, 5.41) is 10.1. The molecule has 1 aromatic carbocycles. The molecule has 0 aliphatic rings. The highest BCUT2D eigenvalue weighted by molar-refractivity contribution is 5.17. The molecule has 0 aromatic heterocycles. The average molecular weight is 311 g/mol. The second-order valence-corrected chi connectivity index (χ2v) is 6.54. The van der Waals surface area contributed by atoms with Crippen molar-refractivity contribution in [2.24, 2.45) is 5.92 Å². The number of aliphatic hydroxyl groups excluding tert-OH is 1. The van der Waals surface area contributed by atoms with Gasteiger partial charge in [-0.2, -0.15) is 0 Å². The van der Waals surface area contributed by atoms with Gasteiger partial charge in [-0.15, -0.1) is 0 Å². The molecule has 4 heteroatoms. The second kappa shape index (κ2) is 9.93. The molecule has 1 unspecified atom stereocenters. The number of hydrogen-bond acceptors (Lipinski definition) is 3. The molecule has 0 radical (unpaired) electrons. The maximum Gasteiger partial charge on any atom is 0.127 e. The Labute approximate surface area is 134 Å².